The Bertz CT molecular complexity index is 876. The minimum Gasteiger partial charge on any atom is -0.352 e. The van der Waals surface area contributed by atoms with Crippen LogP contribution in [0.25, 0.3) is 0 Å². The van der Waals surface area contributed by atoms with E-state index in [0.717, 1.165) is 23.1 Å². The Balaban J connectivity index is 1.50. The first-order chi connectivity index (χ1) is 12.4. The number of carbonyl (C=O) groups excluding carboxylic acids is 1. The van der Waals surface area contributed by atoms with Crippen LogP contribution in [0, 0.1) is 6.92 Å². The third-order valence-corrected chi connectivity index (χ3v) is 6.50. The fourth-order valence-corrected chi connectivity index (χ4v) is 4.46. The molecule has 0 fully saturated rings. The molecule has 0 atom stereocenters. The first kappa shape index (κ1) is 18.6. The van der Waals surface area contributed by atoms with Crippen molar-refractivity contribution in [3.63, 3.8) is 0 Å². The number of carbonyl (C=O) groups is 1. The Hall–Kier alpha value is -2.18. The molecule has 0 saturated heterocycles. The van der Waals surface area contributed by atoms with Crippen LogP contribution in [0.15, 0.2) is 48.5 Å². The van der Waals surface area contributed by atoms with Crippen molar-refractivity contribution in [2.45, 2.75) is 32.9 Å². The van der Waals surface area contributed by atoms with Crippen molar-refractivity contribution >= 4 is 15.9 Å². The van der Waals surface area contributed by atoms with E-state index in [-0.39, 0.29) is 18.1 Å². The quantitative estimate of drug-likeness (QED) is 0.847. The lowest BCUT2D eigenvalue weighted by Gasteiger charge is -2.28. The lowest BCUT2D eigenvalue weighted by molar-refractivity contribution is -0.120. The highest BCUT2D eigenvalue weighted by molar-refractivity contribution is 7.89. The molecule has 6 heteroatoms. The number of fused-ring (bicyclic) bond motifs is 1. The summed E-state index contributed by atoms with van der Waals surface area (Å²) in [6.07, 6.45) is 0.696. The molecule has 0 aliphatic carbocycles. The lowest BCUT2D eigenvalue weighted by atomic mass is 10.0. The molecule has 0 aromatic heterocycles. The number of sulfonamides is 1. The first-order valence-corrected chi connectivity index (χ1v) is 10.4. The summed E-state index contributed by atoms with van der Waals surface area (Å²) in [5.41, 5.74) is 4.41. The van der Waals surface area contributed by atoms with Gasteiger partial charge in [0.1, 0.15) is 0 Å². The fraction of sp³-hybridized carbons (Fsp3) is 0.350. The third kappa shape index (κ3) is 4.71. The van der Waals surface area contributed by atoms with Crippen LogP contribution in [0.2, 0.25) is 0 Å². The normalized spacial score (nSPS) is 14.7. The monoisotopic (exact) mass is 372 g/mol. The van der Waals surface area contributed by atoms with Crippen LogP contribution in [0.4, 0.5) is 0 Å². The zero-order chi connectivity index (χ0) is 18.6. The van der Waals surface area contributed by atoms with E-state index in [9.17, 15) is 13.2 Å². The predicted octanol–water partition coefficient (Wildman–Crippen LogP) is 2.39. The van der Waals surface area contributed by atoms with Crippen molar-refractivity contribution in [1.82, 2.24) is 9.62 Å². The maximum atomic E-state index is 12.6. The summed E-state index contributed by atoms with van der Waals surface area (Å²) in [4.78, 5) is 12.0. The number of hydrogen-bond acceptors (Lipinski definition) is 3. The second kappa shape index (κ2) is 8.01. The van der Waals surface area contributed by atoms with Crippen molar-refractivity contribution in [2.24, 2.45) is 0 Å². The van der Waals surface area contributed by atoms with E-state index in [0.29, 0.717) is 19.6 Å². The SMILES string of the molecule is Cc1ccc(CNC(=O)CCS(=O)(=O)N2CCc3ccccc3C2)cc1. The van der Waals surface area contributed by atoms with E-state index in [1.54, 1.807) is 0 Å². The standard InChI is InChI=1S/C20H24N2O3S/c1-16-6-8-17(9-7-16)14-21-20(23)11-13-26(24,25)22-12-10-18-4-2-3-5-19(18)15-22/h2-9H,10-15H2,1H3,(H,21,23). The second-order valence-corrected chi connectivity index (χ2v) is 8.77. The Morgan fingerprint density at radius 1 is 1.08 bits per heavy atom. The van der Waals surface area contributed by atoms with Crippen LogP contribution in [0.1, 0.15) is 28.7 Å². The van der Waals surface area contributed by atoms with Crippen molar-refractivity contribution in [3.05, 3.63) is 70.8 Å². The van der Waals surface area contributed by atoms with Crippen LogP contribution >= 0.6 is 0 Å². The summed E-state index contributed by atoms with van der Waals surface area (Å²) >= 11 is 0. The van der Waals surface area contributed by atoms with Gasteiger partial charge in [-0.1, -0.05) is 54.1 Å². The summed E-state index contributed by atoms with van der Waals surface area (Å²) in [7, 11) is -3.44. The van der Waals surface area contributed by atoms with Crippen LogP contribution < -0.4 is 5.32 Å². The summed E-state index contributed by atoms with van der Waals surface area (Å²) in [6.45, 7) is 3.29. The molecule has 26 heavy (non-hydrogen) atoms. The van der Waals surface area contributed by atoms with Gasteiger partial charge in [-0.15, -0.1) is 0 Å². The predicted molar refractivity (Wildman–Crippen MR) is 102 cm³/mol. The topological polar surface area (TPSA) is 66.5 Å². The van der Waals surface area contributed by atoms with Crippen molar-refractivity contribution in [1.29, 1.82) is 0 Å². The van der Waals surface area contributed by atoms with E-state index in [4.69, 9.17) is 0 Å². The molecule has 1 N–H and O–H groups in total. The first-order valence-electron chi connectivity index (χ1n) is 8.81. The molecule has 3 rings (SSSR count). The average molecular weight is 372 g/mol. The van der Waals surface area contributed by atoms with Gasteiger partial charge in [-0.25, -0.2) is 8.42 Å². The van der Waals surface area contributed by atoms with E-state index < -0.39 is 10.0 Å². The summed E-state index contributed by atoms with van der Waals surface area (Å²) in [5, 5.41) is 2.79. The lowest BCUT2D eigenvalue weighted by Crippen LogP contribution is -2.38. The van der Waals surface area contributed by atoms with Gasteiger partial charge in [-0.05, 0) is 30.0 Å². The molecule has 0 unspecified atom stereocenters. The van der Waals surface area contributed by atoms with Gasteiger partial charge in [0, 0.05) is 26.1 Å². The number of nitrogens with zero attached hydrogens (tertiary/aromatic N) is 1. The molecule has 138 valence electrons. The summed E-state index contributed by atoms with van der Waals surface area (Å²) in [6, 6.07) is 15.8. The van der Waals surface area contributed by atoms with Crippen molar-refractivity contribution in [3.8, 4) is 0 Å². The van der Waals surface area contributed by atoms with Crippen molar-refractivity contribution < 1.29 is 13.2 Å². The molecule has 1 amide bonds. The summed E-state index contributed by atoms with van der Waals surface area (Å²) in [5.74, 6) is -0.402. The Morgan fingerprint density at radius 3 is 2.50 bits per heavy atom. The van der Waals surface area contributed by atoms with Gasteiger partial charge in [0.25, 0.3) is 0 Å². The summed E-state index contributed by atoms with van der Waals surface area (Å²) < 4.78 is 26.6. The van der Waals surface area contributed by atoms with Gasteiger partial charge in [0.2, 0.25) is 15.9 Å². The number of aryl methyl sites for hydroxylation is 1. The zero-order valence-corrected chi connectivity index (χ0v) is 15.8. The molecule has 1 aliphatic rings. The van der Waals surface area contributed by atoms with Gasteiger partial charge >= 0.3 is 0 Å². The highest BCUT2D eigenvalue weighted by Crippen LogP contribution is 2.21. The zero-order valence-electron chi connectivity index (χ0n) is 14.9. The van der Waals surface area contributed by atoms with Gasteiger partial charge in [0.05, 0.1) is 5.75 Å². The fourth-order valence-electron chi connectivity index (χ4n) is 3.05. The van der Waals surface area contributed by atoms with Crippen LogP contribution in [0.3, 0.4) is 0 Å². The third-order valence-electron chi connectivity index (χ3n) is 4.69. The number of hydrogen-bond donors (Lipinski definition) is 1. The molecular formula is C20H24N2O3S. The highest BCUT2D eigenvalue weighted by atomic mass is 32.2. The largest absolute Gasteiger partial charge is 0.352 e. The van der Waals surface area contributed by atoms with E-state index >= 15 is 0 Å². The number of benzene rings is 2. The van der Waals surface area contributed by atoms with Crippen LogP contribution in [-0.4, -0.2) is 30.9 Å². The molecule has 2 aromatic carbocycles. The molecule has 0 radical (unpaired) electrons. The molecule has 0 bridgehead atoms. The Labute approximate surface area is 155 Å². The Morgan fingerprint density at radius 2 is 1.77 bits per heavy atom. The van der Waals surface area contributed by atoms with E-state index in [2.05, 4.69) is 5.32 Å². The van der Waals surface area contributed by atoms with Gasteiger partial charge in [-0.3, -0.25) is 4.79 Å². The Kier molecular flexibility index (Phi) is 5.74. The molecule has 1 aliphatic heterocycles. The minimum absolute atomic E-state index is 0.0215. The molecular weight excluding hydrogens is 348 g/mol. The molecule has 5 nitrogen and oxygen atoms in total. The molecule has 0 saturated carbocycles. The maximum absolute atomic E-state index is 12.6. The van der Waals surface area contributed by atoms with Crippen LogP contribution in [0.5, 0.6) is 0 Å². The molecule has 2 aromatic rings. The van der Waals surface area contributed by atoms with E-state index in [1.807, 2.05) is 55.5 Å². The van der Waals surface area contributed by atoms with Gasteiger partial charge in [-0.2, -0.15) is 4.31 Å². The number of nitrogens with one attached hydrogen (secondary N) is 1. The second-order valence-electron chi connectivity index (χ2n) is 6.68. The van der Waals surface area contributed by atoms with Crippen LogP contribution in [-0.2, 0) is 34.3 Å². The highest BCUT2D eigenvalue weighted by Gasteiger charge is 2.26. The number of amides is 1. The maximum Gasteiger partial charge on any atom is 0.221 e. The average Bonchev–Trinajstić information content (AvgIpc) is 2.65. The van der Waals surface area contributed by atoms with Crippen molar-refractivity contribution in [2.75, 3.05) is 12.3 Å². The van der Waals surface area contributed by atoms with Gasteiger partial charge in [0.15, 0.2) is 0 Å². The smallest absolute Gasteiger partial charge is 0.221 e. The molecule has 0 spiro atoms. The van der Waals surface area contributed by atoms with Gasteiger partial charge < -0.3 is 5.32 Å². The number of rotatable bonds is 6. The van der Waals surface area contributed by atoms with E-state index in [1.165, 1.54) is 9.87 Å². The molecule has 1 heterocycles. The minimum atomic E-state index is -3.44.